The second-order valence-electron chi connectivity index (χ2n) is 7.00. The van der Waals surface area contributed by atoms with Crippen LogP contribution in [0.5, 0.6) is 0 Å². The van der Waals surface area contributed by atoms with Gasteiger partial charge in [-0.25, -0.2) is 0 Å². The van der Waals surface area contributed by atoms with Gasteiger partial charge < -0.3 is 10.2 Å². The zero-order valence-electron chi connectivity index (χ0n) is 15.7. The summed E-state index contributed by atoms with van der Waals surface area (Å²) in [7, 11) is 0. The summed E-state index contributed by atoms with van der Waals surface area (Å²) in [6.45, 7) is 6.78. The molecule has 3 nitrogen and oxygen atoms in total. The van der Waals surface area contributed by atoms with E-state index in [0.29, 0.717) is 12.6 Å². The predicted octanol–water partition coefficient (Wildman–Crippen LogP) is 3.75. The molecule has 2 N–H and O–H groups in total. The van der Waals surface area contributed by atoms with Crippen LogP contribution in [0.3, 0.4) is 0 Å². The van der Waals surface area contributed by atoms with Crippen molar-refractivity contribution in [3.8, 4) is 11.8 Å². The summed E-state index contributed by atoms with van der Waals surface area (Å²) in [6, 6.07) is 0.492. The second-order valence-corrected chi connectivity index (χ2v) is 7.00. The Labute approximate surface area is 149 Å². The van der Waals surface area contributed by atoms with E-state index in [9.17, 15) is 5.11 Å². The summed E-state index contributed by atoms with van der Waals surface area (Å²) in [5.74, 6) is 6.40. The fraction of sp³-hybridized carbons (Fsp3) is 0.810. The zero-order valence-corrected chi connectivity index (χ0v) is 15.7. The Balaban J connectivity index is 2.28. The lowest BCUT2D eigenvalue weighted by Gasteiger charge is -2.22. The van der Waals surface area contributed by atoms with Crippen LogP contribution in [-0.4, -0.2) is 47.0 Å². The zero-order chi connectivity index (χ0) is 17.6. The Bertz CT molecular complexity index is 396. The van der Waals surface area contributed by atoms with Crippen LogP contribution >= 0.6 is 0 Å². The molecule has 0 aromatic heterocycles. The highest BCUT2D eigenvalue weighted by molar-refractivity contribution is 5.04. The fourth-order valence-electron chi connectivity index (χ4n) is 3.22. The summed E-state index contributed by atoms with van der Waals surface area (Å²) in [5, 5.41) is 19.1. The van der Waals surface area contributed by atoms with Crippen molar-refractivity contribution in [2.75, 3.05) is 19.7 Å². The Morgan fingerprint density at radius 1 is 1.17 bits per heavy atom. The number of aliphatic hydroxyl groups excluding tert-OH is 2. The van der Waals surface area contributed by atoms with Crippen LogP contribution in [0.1, 0.15) is 71.6 Å². The van der Waals surface area contributed by atoms with Gasteiger partial charge in [0.2, 0.25) is 0 Å². The first-order valence-corrected chi connectivity index (χ1v) is 9.86. The molecule has 0 spiro atoms. The molecular weight excluding hydrogens is 298 g/mol. The van der Waals surface area contributed by atoms with Crippen molar-refractivity contribution in [3.63, 3.8) is 0 Å². The normalized spacial score (nSPS) is 20.9. The fourth-order valence-corrected chi connectivity index (χ4v) is 3.22. The summed E-state index contributed by atoms with van der Waals surface area (Å²) in [6.07, 6.45) is 13.7. The number of aliphatic hydroxyl groups is 2. The standard InChI is InChI=1S/C21H37NO2/c1-3-4-8-12-19(2)21(24)15-14-20-13-11-17-22(20)16-9-6-5-7-10-18-23/h14-15,19-21,23-24H,3,5-7,9-13,16-18H2,1-2H3/b15-14+/t19-,20+,21+/m0/s1. The first-order chi connectivity index (χ1) is 11.7. The van der Waals surface area contributed by atoms with Gasteiger partial charge in [-0.3, -0.25) is 4.90 Å². The van der Waals surface area contributed by atoms with Crippen molar-refractivity contribution < 1.29 is 10.2 Å². The van der Waals surface area contributed by atoms with Crippen LogP contribution < -0.4 is 0 Å². The molecule has 0 aromatic carbocycles. The molecule has 1 aliphatic rings. The van der Waals surface area contributed by atoms with E-state index in [1.165, 1.54) is 38.6 Å². The average Bonchev–Trinajstić information content (AvgIpc) is 3.03. The van der Waals surface area contributed by atoms with Gasteiger partial charge in [0.1, 0.15) is 0 Å². The minimum atomic E-state index is -0.392. The van der Waals surface area contributed by atoms with Gasteiger partial charge >= 0.3 is 0 Å². The summed E-state index contributed by atoms with van der Waals surface area (Å²) in [4.78, 5) is 2.55. The van der Waals surface area contributed by atoms with E-state index in [1.54, 1.807) is 0 Å². The summed E-state index contributed by atoms with van der Waals surface area (Å²) < 4.78 is 0. The van der Waals surface area contributed by atoms with Crippen LogP contribution in [0.15, 0.2) is 12.2 Å². The van der Waals surface area contributed by atoms with Crippen molar-refractivity contribution >= 4 is 0 Å². The van der Waals surface area contributed by atoms with Crippen molar-refractivity contribution in [2.24, 2.45) is 5.92 Å². The molecule has 1 heterocycles. The highest BCUT2D eigenvalue weighted by Gasteiger charge is 2.22. The van der Waals surface area contributed by atoms with Crippen LogP contribution in [0.4, 0.5) is 0 Å². The third-order valence-corrected chi connectivity index (χ3v) is 4.86. The SMILES string of the molecule is CCC#CC[C@H](C)[C@H](O)/C=C/[C@H]1CCCN1CCCCCCCO. The molecule has 1 fully saturated rings. The minimum Gasteiger partial charge on any atom is -0.396 e. The Morgan fingerprint density at radius 2 is 1.92 bits per heavy atom. The molecule has 0 radical (unpaired) electrons. The molecule has 0 aliphatic carbocycles. The van der Waals surface area contributed by atoms with Crippen LogP contribution in [0.2, 0.25) is 0 Å². The largest absolute Gasteiger partial charge is 0.396 e. The molecule has 0 unspecified atom stereocenters. The molecule has 0 aromatic rings. The Hall–Kier alpha value is -0.820. The van der Waals surface area contributed by atoms with Gasteiger partial charge in [-0.05, 0) is 44.7 Å². The van der Waals surface area contributed by atoms with Gasteiger partial charge in [0.25, 0.3) is 0 Å². The van der Waals surface area contributed by atoms with Crippen molar-refractivity contribution in [1.82, 2.24) is 4.90 Å². The Morgan fingerprint density at radius 3 is 2.67 bits per heavy atom. The molecule has 3 atom stereocenters. The number of nitrogens with zero attached hydrogens (tertiary/aromatic N) is 1. The Kier molecular flexibility index (Phi) is 11.9. The van der Waals surface area contributed by atoms with E-state index in [4.69, 9.17) is 5.11 Å². The maximum absolute atomic E-state index is 10.3. The van der Waals surface area contributed by atoms with Crippen LogP contribution in [-0.2, 0) is 0 Å². The summed E-state index contributed by atoms with van der Waals surface area (Å²) >= 11 is 0. The lowest BCUT2D eigenvalue weighted by atomic mass is 10.00. The van der Waals surface area contributed by atoms with E-state index >= 15 is 0 Å². The lowest BCUT2D eigenvalue weighted by molar-refractivity contribution is 0.163. The third-order valence-electron chi connectivity index (χ3n) is 4.86. The van der Waals surface area contributed by atoms with Crippen molar-refractivity contribution in [1.29, 1.82) is 0 Å². The van der Waals surface area contributed by atoms with Crippen LogP contribution in [0, 0.1) is 17.8 Å². The summed E-state index contributed by atoms with van der Waals surface area (Å²) in [5.41, 5.74) is 0. The van der Waals surface area contributed by atoms with E-state index in [-0.39, 0.29) is 5.92 Å². The van der Waals surface area contributed by atoms with E-state index in [2.05, 4.69) is 36.7 Å². The molecule has 3 heteroatoms. The molecule has 0 bridgehead atoms. The molecule has 0 amide bonds. The third kappa shape index (κ3) is 8.87. The quantitative estimate of drug-likeness (QED) is 0.343. The monoisotopic (exact) mass is 335 g/mol. The number of unbranched alkanes of at least 4 members (excludes halogenated alkanes) is 4. The molecule has 138 valence electrons. The van der Waals surface area contributed by atoms with E-state index in [0.717, 1.165) is 32.2 Å². The van der Waals surface area contributed by atoms with Gasteiger partial charge in [-0.2, -0.15) is 0 Å². The van der Waals surface area contributed by atoms with Crippen molar-refractivity contribution in [2.45, 2.75) is 83.8 Å². The molecule has 24 heavy (non-hydrogen) atoms. The van der Waals surface area contributed by atoms with E-state index in [1.807, 2.05) is 6.08 Å². The van der Waals surface area contributed by atoms with E-state index < -0.39 is 6.10 Å². The second kappa shape index (κ2) is 13.5. The van der Waals surface area contributed by atoms with Gasteiger partial charge in [-0.1, -0.05) is 45.3 Å². The number of rotatable bonds is 11. The minimum absolute atomic E-state index is 0.196. The smallest absolute Gasteiger partial charge is 0.0756 e. The highest BCUT2D eigenvalue weighted by Crippen LogP contribution is 2.20. The van der Waals surface area contributed by atoms with Gasteiger partial charge in [0.05, 0.1) is 6.10 Å². The first kappa shape index (κ1) is 21.2. The maximum Gasteiger partial charge on any atom is 0.0756 e. The lowest BCUT2D eigenvalue weighted by Crippen LogP contribution is -2.29. The topological polar surface area (TPSA) is 43.7 Å². The molecule has 1 saturated heterocycles. The van der Waals surface area contributed by atoms with Crippen LogP contribution in [0.25, 0.3) is 0 Å². The van der Waals surface area contributed by atoms with Gasteiger partial charge in [0, 0.05) is 25.5 Å². The number of hydrogen-bond acceptors (Lipinski definition) is 3. The van der Waals surface area contributed by atoms with Gasteiger partial charge in [0.15, 0.2) is 0 Å². The molecule has 0 saturated carbocycles. The van der Waals surface area contributed by atoms with Gasteiger partial charge in [-0.15, -0.1) is 11.8 Å². The molecule has 1 rings (SSSR count). The molecule has 1 aliphatic heterocycles. The first-order valence-electron chi connectivity index (χ1n) is 9.86. The maximum atomic E-state index is 10.3. The number of likely N-dealkylation sites (tertiary alicyclic amines) is 1. The molecular formula is C21H37NO2. The average molecular weight is 336 g/mol. The highest BCUT2D eigenvalue weighted by atomic mass is 16.3. The predicted molar refractivity (Wildman–Crippen MR) is 102 cm³/mol. The van der Waals surface area contributed by atoms with Crippen molar-refractivity contribution in [3.05, 3.63) is 12.2 Å². The number of hydrogen-bond donors (Lipinski definition) is 2.